The maximum Gasteiger partial charge on any atom is 0.328 e. The first-order chi connectivity index (χ1) is 5.68. The van der Waals surface area contributed by atoms with E-state index >= 15 is 0 Å². The summed E-state index contributed by atoms with van der Waals surface area (Å²) in [4.78, 5) is 23.8. The highest BCUT2D eigenvalue weighted by Crippen LogP contribution is 2.33. The topological polar surface area (TPSA) is 75.1 Å². The van der Waals surface area contributed by atoms with E-state index in [1.165, 1.54) is 16.8 Å². The summed E-state index contributed by atoms with van der Waals surface area (Å²) in [5, 5.41) is 9.02. The van der Waals surface area contributed by atoms with Gasteiger partial charge in [0.2, 0.25) is 0 Å². The van der Waals surface area contributed by atoms with E-state index in [-0.39, 0.29) is 6.04 Å². The Kier molecular flexibility index (Phi) is 1.41. The molecule has 1 aliphatic carbocycles. The molecule has 1 fully saturated rings. The second kappa shape index (κ2) is 2.31. The van der Waals surface area contributed by atoms with E-state index in [1.54, 1.807) is 0 Å². The number of aromatic amines is 1. The van der Waals surface area contributed by atoms with Crippen LogP contribution in [0.15, 0.2) is 21.9 Å². The van der Waals surface area contributed by atoms with Crippen LogP contribution < -0.4 is 11.2 Å². The fourth-order valence-electron chi connectivity index (χ4n) is 1.16. The van der Waals surface area contributed by atoms with Crippen LogP contribution in [-0.2, 0) is 0 Å². The highest BCUT2D eigenvalue weighted by atomic mass is 16.3. The van der Waals surface area contributed by atoms with Crippen LogP contribution >= 0.6 is 0 Å². The van der Waals surface area contributed by atoms with Crippen molar-refractivity contribution in [3.63, 3.8) is 0 Å². The number of aliphatic hydroxyl groups excluding tert-OH is 1. The highest BCUT2D eigenvalue weighted by Gasteiger charge is 2.37. The van der Waals surface area contributed by atoms with Gasteiger partial charge in [-0.25, -0.2) is 4.79 Å². The van der Waals surface area contributed by atoms with Crippen LogP contribution in [0.1, 0.15) is 12.5 Å². The number of aromatic nitrogens is 2. The molecule has 0 aliphatic heterocycles. The first-order valence-corrected chi connectivity index (χ1v) is 3.68. The summed E-state index contributed by atoms with van der Waals surface area (Å²) in [5.74, 6) is 0. The second-order valence-electron chi connectivity index (χ2n) is 2.89. The van der Waals surface area contributed by atoms with Crippen LogP contribution in [0.4, 0.5) is 0 Å². The zero-order chi connectivity index (χ0) is 8.72. The number of hydrogen-bond acceptors (Lipinski definition) is 3. The highest BCUT2D eigenvalue weighted by molar-refractivity contribution is 4.96. The third-order valence-electron chi connectivity index (χ3n) is 1.93. The molecule has 12 heavy (non-hydrogen) atoms. The van der Waals surface area contributed by atoms with E-state index in [0.717, 1.165) is 0 Å². The molecule has 0 aromatic carbocycles. The molecule has 64 valence electrons. The summed E-state index contributed by atoms with van der Waals surface area (Å²) in [5.41, 5.74) is -0.865. The molecule has 1 aromatic rings. The van der Waals surface area contributed by atoms with Crippen LogP contribution in [-0.4, -0.2) is 20.8 Å². The maximum absolute atomic E-state index is 11.1. The van der Waals surface area contributed by atoms with Crippen LogP contribution in [0.3, 0.4) is 0 Å². The first-order valence-electron chi connectivity index (χ1n) is 3.68. The number of rotatable bonds is 1. The van der Waals surface area contributed by atoms with Crippen LogP contribution in [0.25, 0.3) is 0 Å². The normalized spacial score (nSPS) is 27.1. The molecule has 0 bridgehead atoms. The van der Waals surface area contributed by atoms with E-state index in [4.69, 9.17) is 5.11 Å². The predicted molar refractivity (Wildman–Crippen MR) is 41.0 cm³/mol. The van der Waals surface area contributed by atoms with E-state index in [2.05, 4.69) is 4.98 Å². The van der Waals surface area contributed by atoms with Gasteiger partial charge in [0.1, 0.15) is 0 Å². The lowest BCUT2D eigenvalue weighted by molar-refractivity contribution is 0.258. The van der Waals surface area contributed by atoms with Crippen molar-refractivity contribution in [3.8, 4) is 0 Å². The fourth-order valence-corrected chi connectivity index (χ4v) is 1.16. The van der Waals surface area contributed by atoms with Crippen LogP contribution in [0.2, 0.25) is 0 Å². The Bertz CT molecular complexity index is 406. The third kappa shape index (κ3) is 1.08. The molecule has 2 atom stereocenters. The molecule has 1 heterocycles. The van der Waals surface area contributed by atoms with Crippen molar-refractivity contribution in [1.82, 2.24) is 9.55 Å². The molecule has 0 saturated heterocycles. The average Bonchev–Trinajstić information content (AvgIpc) is 2.66. The summed E-state index contributed by atoms with van der Waals surface area (Å²) in [7, 11) is 0. The van der Waals surface area contributed by atoms with Gasteiger partial charge in [0.15, 0.2) is 0 Å². The molecule has 0 radical (unpaired) electrons. The Labute approximate surface area is 67.3 Å². The molecule has 5 heteroatoms. The van der Waals surface area contributed by atoms with Gasteiger partial charge in [-0.05, 0) is 6.42 Å². The Balaban J connectivity index is 2.46. The van der Waals surface area contributed by atoms with Crippen molar-refractivity contribution >= 4 is 0 Å². The van der Waals surface area contributed by atoms with Gasteiger partial charge in [0, 0.05) is 12.3 Å². The minimum atomic E-state index is -0.455. The van der Waals surface area contributed by atoms with E-state index < -0.39 is 17.4 Å². The summed E-state index contributed by atoms with van der Waals surface area (Å²) in [6.07, 6.45) is 1.56. The Morgan fingerprint density at radius 1 is 1.58 bits per heavy atom. The molecule has 1 aliphatic rings. The maximum atomic E-state index is 11.1. The molecule has 2 rings (SSSR count). The molecule has 0 spiro atoms. The number of nitrogens with zero attached hydrogens (tertiary/aromatic N) is 1. The van der Waals surface area contributed by atoms with E-state index in [0.29, 0.717) is 6.42 Å². The monoisotopic (exact) mass is 168 g/mol. The van der Waals surface area contributed by atoms with Gasteiger partial charge < -0.3 is 5.11 Å². The van der Waals surface area contributed by atoms with Gasteiger partial charge in [0.05, 0.1) is 12.1 Å². The molecular formula is C7H8N2O3. The molecule has 0 unspecified atom stereocenters. The van der Waals surface area contributed by atoms with Crippen molar-refractivity contribution in [1.29, 1.82) is 0 Å². The fraction of sp³-hybridized carbons (Fsp3) is 0.429. The lowest BCUT2D eigenvalue weighted by atomic mass is 10.6. The summed E-state index contributed by atoms with van der Waals surface area (Å²) in [6, 6.07) is 1.13. The van der Waals surface area contributed by atoms with Crippen LogP contribution in [0, 0.1) is 0 Å². The minimum absolute atomic E-state index is 0.144. The van der Waals surface area contributed by atoms with Crippen molar-refractivity contribution in [2.75, 3.05) is 0 Å². The third-order valence-corrected chi connectivity index (χ3v) is 1.93. The quantitative estimate of drug-likeness (QED) is 0.555. The molecule has 5 nitrogen and oxygen atoms in total. The minimum Gasteiger partial charge on any atom is -0.391 e. The zero-order valence-corrected chi connectivity index (χ0v) is 6.23. The van der Waals surface area contributed by atoms with Gasteiger partial charge in [-0.3, -0.25) is 14.3 Å². The Morgan fingerprint density at radius 2 is 2.25 bits per heavy atom. The predicted octanol–water partition coefficient (Wildman–Crippen LogP) is -1.16. The average molecular weight is 168 g/mol. The molecule has 1 saturated carbocycles. The molecule has 0 amide bonds. The van der Waals surface area contributed by atoms with Gasteiger partial charge in [-0.15, -0.1) is 0 Å². The Morgan fingerprint density at radius 3 is 2.75 bits per heavy atom. The standard InChI is InChI=1S/C7H8N2O3/c10-5-3-4(5)9-2-1-6(11)8-7(9)12/h1-2,4-5,10H,3H2,(H,8,11,12)/t4-,5-/m1/s1. The molecule has 2 N–H and O–H groups in total. The number of aliphatic hydroxyl groups is 1. The number of nitrogens with one attached hydrogen (secondary N) is 1. The smallest absolute Gasteiger partial charge is 0.328 e. The summed E-state index contributed by atoms with van der Waals surface area (Å²) in [6.45, 7) is 0. The van der Waals surface area contributed by atoms with Crippen molar-refractivity contribution < 1.29 is 5.11 Å². The number of hydrogen-bond donors (Lipinski definition) is 2. The van der Waals surface area contributed by atoms with Crippen molar-refractivity contribution in [2.24, 2.45) is 0 Å². The van der Waals surface area contributed by atoms with Gasteiger partial charge in [-0.1, -0.05) is 0 Å². The lowest BCUT2D eigenvalue weighted by Crippen LogP contribution is -2.28. The molecule has 1 aromatic heterocycles. The molecular weight excluding hydrogens is 160 g/mol. The summed E-state index contributed by atoms with van der Waals surface area (Å²) < 4.78 is 1.34. The van der Waals surface area contributed by atoms with Gasteiger partial charge >= 0.3 is 5.69 Å². The van der Waals surface area contributed by atoms with Gasteiger partial charge in [0.25, 0.3) is 5.56 Å². The largest absolute Gasteiger partial charge is 0.391 e. The second-order valence-corrected chi connectivity index (χ2v) is 2.89. The lowest BCUT2D eigenvalue weighted by Gasteiger charge is -1.99. The van der Waals surface area contributed by atoms with E-state index in [1.807, 2.05) is 0 Å². The van der Waals surface area contributed by atoms with Gasteiger partial charge in [-0.2, -0.15) is 0 Å². The number of H-pyrrole nitrogens is 1. The van der Waals surface area contributed by atoms with Crippen molar-refractivity contribution in [2.45, 2.75) is 18.6 Å². The van der Waals surface area contributed by atoms with E-state index in [9.17, 15) is 9.59 Å². The van der Waals surface area contributed by atoms with Crippen LogP contribution in [0.5, 0.6) is 0 Å². The SMILES string of the molecule is O=c1ccn([C@@H]2C[C@H]2O)c(=O)[nH]1. The zero-order valence-electron chi connectivity index (χ0n) is 6.23. The van der Waals surface area contributed by atoms with Crippen molar-refractivity contribution in [3.05, 3.63) is 33.1 Å². The summed E-state index contributed by atoms with van der Waals surface area (Å²) >= 11 is 0. The first kappa shape index (κ1) is 7.30. The Hall–Kier alpha value is -1.36.